The van der Waals surface area contributed by atoms with Gasteiger partial charge in [-0.15, -0.1) is 0 Å². The number of aliphatic hydroxyl groups is 1. The molecule has 1 fully saturated rings. The minimum absolute atomic E-state index is 0.158. The number of amides is 1. The van der Waals surface area contributed by atoms with Crippen LogP contribution in [-0.4, -0.2) is 45.8 Å². The second kappa shape index (κ2) is 6.07. The van der Waals surface area contributed by atoms with Crippen molar-refractivity contribution in [2.24, 2.45) is 17.4 Å². The van der Waals surface area contributed by atoms with Gasteiger partial charge < -0.3 is 27.0 Å². The standard InChI is InChI=1S/C13H25N3O4/c1-12(2,20)9(14)10(17)16-7-8-5-3-4-6-13(8,15)11(18)19/h8-9,20H,3-7,14-15H2,1-2H3,(H,16,17)(H,18,19)/t8-,9+,13+/m0/s1. The van der Waals surface area contributed by atoms with Crippen molar-refractivity contribution in [1.82, 2.24) is 5.32 Å². The number of hydrogen-bond acceptors (Lipinski definition) is 5. The van der Waals surface area contributed by atoms with Crippen molar-refractivity contribution in [2.75, 3.05) is 6.54 Å². The SMILES string of the molecule is CC(C)(O)[C@H](N)C(=O)NC[C@@H]1CCCC[C@]1(N)C(=O)O. The summed E-state index contributed by atoms with van der Waals surface area (Å²) in [6.07, 6.45) is 2.72. The van der Waals surface area contributed by atoms with E-state index in [0.29, 0.717) is 12.8 Å². The van der Waals surface area contributed by atoms with Gasteiger partial charge in [-0.2, -0.15) is 0 Å². The van der Waals surface area contributed by atoms with Gasteiger partial charge in [-0.25, -0.2) is 0 Å². The molecule has 1 saturated carbocycles. The first kappa shape index (κ1) is 16.9. The van der Waals surface area contributed by atoms with E-state index in [1.165, 1.54) is 13.8 Å². The van der Waals surface area contributed by atoms with Crippen molar-refractivity contribution in [3.8, 4) is 0 Å². The van der Waals surface area contributed by atoms with Crippen molar-refractivity contribution in [2.45, 2.75) is 56.7 Å². The molecular formula is C13H25N3O4. The van der Waals surface area contributed by atoms with Gasteiger partial charge in [-0.3, -0.25) is 9.59 Å². The Hall–Kier alpha value is -1.18. The van der Waals surface area contributed by atoms with E-state index in [1.54, 1.807) is 0 Å². The van der Waals surface area contributed by atoms with Crippen LogP contribution in [0.2, 0.25) is 0 Å². The van der Waals surface area contributed by atoms with Gasteiger partial charge in [0.2, 0.25) is 5.91 Å². The Morgan fingerprint density at radius 2 is 2.05 bits per heavy atom. The zero-order valence-electron chi connectivity index (χ0n) is 12.1. The lowest BCUT2D eigenvalue weighted by molar-refractivity contribution is -0.147. The number of carbonyl (C=O) groups is 2. The predicted octanol–water partition coefficient (Wildman–Crippen LogP) is -0.827. The fourth-order valence-electron chi connectivity index (χ4n) is 2.49. The average molecular weight is 287 g/mol. The maximum atomic E-state index is 11.8. The first-order chi connectivity index (χ1) is 9.09. The molecule has 0 heterocycles. The number of nitrogens with two attached hydrogens (primary N) is 2. The smallest absolute Gasteiger partial charge is 0.324 e. The molecule has 0 bridgehead atoms. The quantitative estimate of drug-likeness (QED) is 0.447. The zero-order valence-corrected chi connectivity index (χ0v) is 12.1. The van der Waals surface area contributed by atoms with Crippen LogP contribution >= 0.6 is 0 Å². The summed E-state index contributed by atoms with van der Waals surface area (Å²) >= 11 is 0. The first-order valence-corrected chi connectivity index (χ1v) is 6.87. The van der Waals surface area contributed by atoms with Gasteiger partial charge >= 0.3 is 5.97 Å². The molecule has 7 heteroatoms. The summed E-state index contributed by atoms with van der Waals surface area (Å²) in [5, 5.41) is 21.6. The highest BCUT2D eigenvalue weighted by Crippen LogP contribution is 2.31. The summed E-state index contributed by atoms with van der Waals surface area (Å²) in [5.41, 5.74) is 8.96. The third kappa shape index (κ3) is 3.68. The van der Waals surface area contributed by atoms with E-state index in [4.69, 9.17) is 11.5 Å². The van der Waals surface area contributed by atoms with Gasteiger partial charge in [0.15, 0.2) is 0 Å². The number of hydrogen-bond donors (Lipinski definition) is 5. The normalized spacial score (nSPS) is 28.8. The van der Waals surface area contributed by atoms with E-state index in [2.05, 4.69) is 5.32 Å². The van der Waals surface area contributed by atoms with E-state index < -0.39 is 29.1 Å². The van der Waals surface area contributed by atoms with Crippen LogP contribution in [-0.2, 0) is 9.59 Å². The summed E-state index contributed by atoms with van der Waals surface area (Å²) in [5.74, 6) is -1.87. The van der Waals surface area contributed by atoms with E-state index in [1.807, 2.05) is 0 Å². The van der Waals surface area contributed by atoms with Crippen LogP contribution in [0.25, 0.3) is 0 Å². The fraction of sp³-hybridized carbons (Fsp3) is 0.846. The molecule has 1 aliphatic rings. The summed E-state index contributed by atoms with van der Waals surface area (Å²) in [4.78, 5) is 23.2. The van der Waals surface area contributed by atoms with Crippen molar-refractivity contribution in [1.29, 1.82) is 0 Å². The van der Waals surface area contributed by atoms with Crippen molar-refractivity contribution < 1.29 is 19.8 Å². The Morgan fingerprint density at radius 1 is 1.45 bits per heavy atom. The summed E-state index contributed by atoms with van der Waals surface area (Å²) in [7, 11) is 0. The highest BCUT2D eigenvalue weighted by molar-refractivity contribution is 5.83. The molecule has 116 valence electrons. The third-order valence-corrected chi connectivity index (χ3v) is 4.09. The highest BCUT2D eigenvalue weighted by atomic mass is 16.4. The Bertz CT molecular complexity index is 380. The van der Waals surface area contributed by atoms with Gasteiger partial charge in [-0.1, -0.05) is 12.8 Å². The Morgan fingerprint density at radius 3 is 2.55 bits per heavy atom. The van der Waals surface area contributed by atoms with Crippen molar-refractivity contribution in [3.05, 3.63) is 0 Å². The number of carbonyl (C=O) groups excluding carboxylic acids is 1. The van der Waals surface area contributed by atoms with E-state index in [9.17, 15) is 19.8 Å². The van der Waals surface area contributed by atoms with Crippen LogP contribution in [0, 0.1) is 5.92 Å². The number of carboxylic acid groups (broad SMARTS) is 1. The lowest BCUT2D eigenvalue weighted by Gasteiger charge is -2.38. The molecule has 0 spiro atoms. The van der Waals surface area contributed by atoms with Crippen LogP contribution in [0.15, 0.2) is 0 Å². The monoisotopic (exact) mass is 287 g/mol. The fourth-order valence-corrected chi connectivity index (χ4v) is 2.49. The number of carboxylic acids is 1. The summed E-state index contributed by atoms with van der Waals surface area (Å²) in [6, 6.07) is -1.07. The second-order valence-electron chi connectivity index (χ2n) is 6.16. The Balaban J connectivity index is 2.64. The molecule has 20 heavy (non-hydrogen) atoms. The molecule has 7 nitrogen and oxygen atoms in total. The van der Waals surface area contributed by atoms with Crippen LogP contribution in [0.1, 0.15) is 39.5 Å². The van der Waals surface area contributed by atoms with Crippen molar-refractivity contribution in [3.63, 3.8) is 0 Å². The molecule has 0 unspecified atom stereocenters. The largest absolute Gasteiger partial charge is 0.480 e. The van der Waals surface area contributed by atoms with Crippen LogP contribution in [0.5, 0.6) is 0 Å². The molecule has 1 aliphatic carbocycles. The van der Waals surface area contributed by atoms with E-state index in [-0.39, 0.29) is 12.5 Å². The second-order valence-corrected chi connectivity index (χ2v) is 6.16. The van der Waals surface area contributed by atoms with Gasteiger partial charge in [-0.05, 0) is 26.7 Å². The van der Waals surface area contributed by atoms with Crippen LogP contribution in [0.4, 0.5) is 0 Å². The minimum Gasteiger partial charge on any atom is -0.480 e. The van der Waals surface area contributed by atoms with Crippen LogP contribution < -0.4 is 16.8 Å². The van der Waals surface area contributed by atoms with Crippen LogP contribution in [0.3, 0.4) is 0 Å². The first-order valence-electron chi connectivity index (χ1n) is 6.87. The predicted molar refractivity (Wildman–Crippen MR) is 73.8 cm³/mol. The Labute approximate surface area is 118 Å². The third-order valence-electron chi connectivity index (χ3n) is 4.09. The molecule has 0 aromatic heterocycles. The number of aliphatic carboxylic acids is 1. The molecule has 0 aromatic rings. The van der Waals surface area contributed by atoms with Crippen molar-refractivity contribution >= 4 is 11.9 Å². The highest BCUT2D eigenvalue weighted by Gasteiger charge is 2.44. The lowest BCUT2D eigenvalue weighted by Crippen LogP contribution is -2.60. The molecule has 0 aliphatic heterocycles. The molecule has 1 rings (SSSR count). The molecule has 0 radical (unpaired) electrons. The van der Waals surface area contributed by atoms with Gasteiger partial charge in [0.1, 0.15) is 11.6 Å². The maximum absolute atomic E-state index is 11.8. The number of rotatable bonds is 5. The Kier molecular flexibility index (Phi) is 5.12. The molecule has 3 atom stereocenters. The maximum Gasteiger partial charge on any atom is 0.324 e. The lowest BCUT2D eigenvalue weighted by atomic mass is 9.73. The van der Waals surface area contributed by atoms with E-state index in [0.717, 1.165) is 12.8 Å². The molecular weight excluding hydrogens is 262 g/mol. The van der Waals surface area contributed by atoms with Gasteiger partial charge in [0.05, 0.1) is 5.60 Å². The summed E-state index contributed by atoms with van der Waals surface area (Å²) < 4.78 is 0. The number of nitrogens with one attached hydrogen (secondary N) is 1. The zero-order chi connectivity index (χ0) is 15.6. The summed E-state index contributed by atoms with van der Waals surface area (Å²) in [6.45, 7) is 3.05. The minimum atomic E-state index is -1.33. The average Bonchev–Trinajstić information content (AvgIpc) is 2.35. The van der Waals surface area contributed by atoms with Gasteiger partial charge in [0, 0.05) is 12.5 Å². The topological polar surface area (TPSA) is 139 Å². The van der Waals surface area contributed by atoms with E-state index >= 15 is 0 Å². The molecule has 7 N–H and O–H groups in total. The van der Waals surface area contributed by atoms with Gasteiger partial charge in [0.25, 0.3) is 0 Å². The molecule has 1 amide bonds. The molecule has 0 saturated heterocycles. The molecule has 0 aromatic carbocycles.